The van der Waals surface area contributed by atoms with Crippen molar-refractivity contribution in [3.05, 3.63) is 33.9 Å². The minimum Gasteiger partial charge on any atom is -0.484 e. The summed E-state index contributed by atoms with van der Waals surface area (Å²) in [4.78, 5) is 28.0. The summed E-state index contributed by atoms with van der Waals surface area (Å²) in [5, 5.41) is 9.34. The number of carboxylic acid groups (broad SMARTS) is 1. The Hall–Kier alpha value is -2.61. The molecular weight excluding hydrogens is 341 g/mol. The van der Waals surface area contributed by atoms with Crippen molar-refractivity contribution in [2.75, 3.05) is 38.1 Å². The molecule has 8 heteroatoms. The molecule has 7 nitrogen and oxygen atoms in total. The summed E-state index contributed by atoms with van der Waals surface area (Å²) in [6.45, 7) is 5.15. The summed E-state index contributed by atoms with van der Waals surface area (Å²) in [6, 6.07) is 1.15. The average Bonchev–Trinajstić information content (AvgIpc) is 2.58. The van der Waals surface area contributed by atoms with Gasteiger partial charge in [-0.2, -0.15) is 0 Å². The standard InChI is InChI=1S/C18H20FN3O4/c1-10-8-22-9-12(18(24)25)16(23)11-7-13(19)15(17(26-10)14(11)22)21-5-3-20(2)4-6-21/h7,9-10H,3-6,8H2,1-2H3,(H,24,25)/t10-/m0/s1. The van der Waals surface area contributed by atoms with E-state index in [0.29, 0.717) is 36.6 Å². The SMILES string of the molecule is C[C@H]1Cn2cc(C(=O)O)c(=O)c3cc(F)c(N4CCN(C)CC4)c(c32)O1. The molecule has 1 fully saturated rings. The molecule has 2 aliphatic heterocycles. The van der Waals surface area contributed by atoms with E-state index < -0.39 is 17.2 Å². The van der Waals surface area contributed by atoms with Crippen molar-refractivity contribution in [2.24, 2.45) is 0 Å². The van der Waals surface area contributed by atoms with Gasteiger partial charge in [0.1, 0.15) is 17.4 Å². The molecule has 1 saturated heterocycles. The van der Waals surface area contributed by atoms with Crippen LogP contribution < -0.4 is 15.1 Å². The van der Waals surface area contributed by atoms with Crippen molar-refractivity contribution in [1.82, 2.24) is 9.47 Å². The van der Waals surface area contributed by atoms with Gasteiger partial charge in [-0.3, -0.25) is 4.79 Å². The molecule has 3 heterocycles. The van der Waals surface area contributed by atoms with Crippen LogP contribution in [0.2, 0.25) is 0 Å². The number of carbonyl (C=O) groups is 1. The molecule has 0 amide bonds. The zero-order chi connectivity index (χ0) is 18.6. The Labute approximate surface area is 149 Å². The fourth-order valence-corrected chi connectivity index (χ4v) is 3.74. The van der Waals surface area contributed by atoms with Gasteiger partial charge in [0.25, 0.3) is 0 Å². The van der Waals surface area contributed by atoms with Crippen LogP contribution >= 0.6 is 0 Å². The maximum absolute atomic E-state index is 15.0. The number of aromatic carboxylic acids is 1. The fourth-order valence-electron chi connectivity index (χ4n) is 3.74. The molecule has 0 radical (unpaired) electrons. The number of nitrogens with zero attached hydrogens (tertiary/aromatic N) is 3. The van der Waals surface area contributed by atoms with Crippen molar-refractivity contribution in [2.45, 2.75) is 19.6 Å². The molecule has 0 aliphatic carbocycles. The van der Waals surface area contributed by atoms with Gasteiger partial charge in [-0.1, -0.05) is 0 Å². The van der Waals surface area contributed by atoms with E-state index in [1.165, 1.54) is 6.20 Å². The fraction of sp³-hybridized carbons (Fsp3) is 0.444. The van der Waals surface area contributed by atoms with Gasteiger partial charge in [-0.25, -0.2) is 9.18 Å². The van der Waals surface area contributed by atoms with Gasteiger partial charge in [-0.15, -0.1) is 0 Å². The highest BCUT2D eigenvalue weighted by Gasteiger charge is 2.30. The van der Waals surface area contributed by atoms with Gasteiger partial charge >= 0.3 is 5.97 Å². The summed E-state index contributed by atoms with van der Waals surface area (Å²) < 4.78 is 22.7. The zero-order valence-corrected chi connectivity index (χ0v) is 14.7. The molecule has 0 saturated carbocycles. The van der Waals surface area contributed by atoms with Crippen molar-refractivity contribution in [3.8, 4) is 5.75 Å². The monoisotopic (exact) mass is 361 g/mol. The molecule has 1 aromatic heterocycles. The molecule has 0 bridgehead atoms. The quantitative estimate of drug-likeness (QED) is 0.871. The van der Waals surface area contributed by atoms with E-state index in [2.05, 4.69) is 4.90 Å². The minimum atomic E-state index is -1.31. The number of hydrogen-bond donors (Lipinski definition) is 1. The number of likely N-dealkylation sites (N-methyl/N-ethyl adjacent to an activating group) is 1. The summed E-state index contributed by atoms with van der Waals surface area (Å²) in [5.41, 5.74) is -0.224. The van der Waals surface area contributed by atoms with Gasteiger partial charge in [0.2, 0.25) is 5.43 Å². The molecule has 4 rings (SSSR count). The van der Waals surface area contributed by atoms with Crippen LogP contribution in [0, 0.1) is 5.82 Å². The lowest BCUT2D eigenvalue weighted by Gasteiger charge is -2.37. The molecule has 0 spiro atoms. The topological polar surface area (TPSA) is 75.0 Å². The molecule has 138 valence electrons. The first-order valence-corrected chi connectivity index (χ1v) is 8.60. The van der Waals surface area contributed by atoms with Crippen LogP contribution in [-0.4, -0.2) is 59.9 Å². The number of rotatable bonds is 2. The number of carboxylic acids is 1. The van der Waals surface area contributed by atoms with Crippen LogP contribution in [0.5, 0.6) is 5.75 Å². The van der Waals surface area contributed by atoms with Crippen LogP contribution in [0.3, 0.4) is 0 Å². The molecule has 26 heavy (non-hydrogen) atoms. The van der Waals surface area contributed by atoms with Crippen LogP contribution in [0.4, 0.5) is 10.1 Å². The van der Waals surface area contributed by atoms with E-state index in [0.717, 1.165) is 19.2 Å². The van der Waals surface area contributed by atoms with Gasteiger partial charge in [0, 0.05) is 32.4 Å². The van der Waals surface area contributed by atoms with E-state index in [-0.39, 0.29) is 17.1 Å². The summed E-state index contributed by atoms with van der Waals surface area (Å²) in [6.07, 6.45) is 1.07. The average molecular weight is 361 g/mol. The van der Waals surface area contributed by atoms with Crippen LogP contribution in [0.1, 0.15) is 17.3 Å². The smallest absolute Gasteiger partial charge is 0.341 e. The molecule has 2 aromatic rings. The van der Waals surface area contributed by atoms with E-state index in [1.54, 1.807) is 4.57 Å². The Balaban J connectivity index is 1.99. The van der Waals surface area contributed by atoms with Crippen molar-refractivity contribution < 1.29 is 19.0 Å². The number of anilines is 1. The highest BCUT2D eigenvalue weighted by atomic mass is 19.1. The van der Waals surface area contributed by atoms with Crippen molar-refractivity contribution in [3.63, 3.8) is 0 Å². The van der Waals surface area contributed by atoms with Gasteiger partial charge in [0.15, 0.2) is 11.6 Å². The lowest BCUT2D eigenvalue weighted by molar-refractivity contribution is 0.0694. The lowest BCUT2D eigenvalue weighted by atomic mass is 10.1. The Morgan fingerprint density at radius 1 is 1.31 bits per heavy atom. The van der Waals surface area contributed by atoms with Gasteiger partial charge in [0.05, 0.1) is 17.4 Å². The molecule has 1 atom stereocenters. The van der Waals surface area contributed by atoms with Crippen molar-refractivity contribution >= 4 is 22.6 Å². The Morgan fingerprint density at radius 3 is 2.65 bits per heavy atom. The normalized spacial score (nSPS) is 20.3. The third-order valence-corrected chi connectivity index (χ3v) is 5.07. The van der Waals surface area contributed by atoms with E-state index in [4.69, 9.17) is 4.74 Å². The number of halogens is 1. The summed E-state index contributed by atoms with van der Waals surface area (Å²) in [5.74, 6) is -1.54. The second-order valence-corrected chi connectivity index (χ2v) is 6.98. The number of pyridine rings is 1. The van der Waals surface area contributed by atoms with Crippen LogP contribution in [0.15, 0.2) is 17.1 Å². The van der Waals surface area contributed by atoms with Gasteiger partial charge in [-0.05, 0) is 20.0 Å². The second kappa shape index (κ2) is 5.98. The number of hydrogen-bond acceptors (Lipinski definition) is 5. The van der Waals surface area contributed by atoms with E-state index in [9.17, 15) is 14.7 Å². The highest BCUT2D eigenvalue weighted by molar-refractivity contribution is 5.97. The lowest BCUT2D eigenvalue weighted by Crippen LogP contribution is -2.45. The predicted octanol–water partition coefficient (Wildman–Crippen LogP) is 1.37. The zero-order valence-electron chi connectivity index (χ0n) is 14.7. The number of ether oxygens (including phenoxy) is 1. The van der Waals surface area contributed by atoms with Crippen LogP contribution in [0.25, 0.3) is 10.9 Å². The van der Waals surface area contributed by atoms with Gasteiger partial charge < -0.3 is 24.2 Å². The van der Waals surface area contributed by atoms with E-state index >= 15 is 4.39 Å². The third kappa shape index (κ3) is 2.52. The number of aromatic nitrogens is 1. The maximum atomic E-state index is 15.0. The Kier molecular flexibility index (Phi) is 3.87. The molecule has 1 N–H and O–H groups in total. The summed E-state index contributed by atoms with van der Waals surface area (Å²) >= 11 is 0. The van der Waals surface area contributed by atoms with Crippen molar-refractivity contribution in [1.29, 1.82) is 0 Å². The third-order valence-electron chi connectivity index (χ3n) is 5.07. The predicted molar refractivity (Wildman–Crippen MR) is 94.9 cm³/mol. The minimum absolute atomic E-state index is 0.0437. The first kappa shape index (κ1) is 16.8. The highest BCUT2D eigenvalue weighted by Crippen LogP contribution is 2.41. The number of piperazine rings is 1. The first-order valence-electron chi connectivity index (χ1n) is 8.60. The maximum Gasteiger partial charge on any atom is 0.341 e. The molecule has 0 unspecified atom stereocenters. The van der Waals surface area contributed by atoms with E-state index in [1.807, 2.05) is 18.9 Å². The first-order chi connectivity index (χ1) is 12.4. The molecular formula is C18H20FN3O4. The number of benzene rings is 1. The molecule has 1 aromatic carbocycles. The molecule has 2 aliphatic rings. The Morgan fingerprint density at radius 2 is 2.00 bits per heavy atom. The second-order valence-electron chi connectivity index (χ2n) is 6.98. The summed E-state index contributed by atoms with van der Waals surface area (Å²) in [7, 11) is 2.02. The Bertz CT molecular complexity index is 963. The van der Waals surface area contributed by atoms with Crippen LogP contribution in [-0.2, 0) is 6.54 Å². The largest absolute Gasteiger partial charge is 0.484 e.